The van der Waals surface area contributed by atoms with Gasteiger partial charge in [0.1, 0.15) is 0 Å². The van der Waals surface area contributed by atoms with Crippen LogP contribution < -0.4 is 10.2 Å². The number of hydrogen-bond donors (Lipinski definition) is 2. The Hall–Kier alpha value is 0.0195. The molecule has 1 aliphatic rings. The molecule has 3 heteroatoms. The first kappa shape index (κ1) is 14.0. The summed E-state index contributed by atoms with van der Waals surface area (Å²) in [6, 6.07) is 0. The van der Waals surface area contributed by atoms with E-state index in [0.29, 0.717) is 4.94 Å². The molecule has 0 spiro atoms. The first-order chi connectivity index (χ1) is 6.74. The number of quaternary nitrogens is 1. The fourth-order valence-electron chi connectivity index (χ4n) is 1.34. The van der Waals surface area contributed by atoms with Gasteiger partial charge in [-0.1, -0.05) is 0 Å². The van der Waals surface area contributed by atoms with E-state index >= 15 is 0 Å². The topological polar surface area (TPSA) is 16.5 Å². The van der Waals surface area contributed by atoms with Crippen molar-refractivity contribution in [3.8, 4) is 0 Å². The van der Waals surface area contributed by atoms with Gasteiger partial charge < -0.3 is 4.90 Å². The number of hydrogen-bond acceptors (Lipinski definition) is 1. The molecule has 0 aliphatic carbocycles. The molecule has 0 aromatic carbocycles. The molecule has 2 nitrogen and oxygen atoms in total. The molecule has 1 heterocycles. The molecule has 1 rings (SSSR count). The van der Waals surface area contributed by atoms with Crippen molar-refractivity contribution in [2.24, 2.45) is 0 Å². The zero-order chi connectivity index (χ0) is 10.8. The Morgan fingerprint density at radius 2 is 1.86 bits per heavy atom. The van der Waals surface area contributed by atoms with Crippen molar-refractivity contribution in [3.63, 3.8) is 0 Å². The van der Waals surface area contributed by atoms with Crippen LogP contribution in [0.2, 0.25) is 0 Å². The minimum absolute atomic E-state index is 0.574. The third-order valence-electron chi connectivity index (χ3n) is 2.50. The van der Waals surface area contributed by atoms with Crippen molar-refractivity contribution in [1.82, 2.24) is 5.32 Å². The third-order valence-corrected chi connectivity index (χ3v) is 3.28. The molecule has 0 fully saturated rings. The van der Waals surface area contributed by atoms with Gasteiger partial charge in [0.25, 0.3) is 0 Å². The molecule has 0 saturated heterocycles. The molecule has 0 amide bonds. The minimum atomic E-state index is 0.574. The van der Waals surface area contributed by atoms with Gasteiger partial charge in [-0.05, 0) is 20.8 Å². The van der Waals surface area contributed by atoms with Gasteiger partial charge in [-0.15, -0.1) is 0 Å². The first-order valence-corrected chi connectivity index (χ1v) is 6.63. The van der Waals surface area contributed by atoms with Crippen molar-refractivity contribution in [3.05, 3.63) is 12.3 Å². The predicted molar refractivity (Wildman–Crippen MR) is 63.6 cm³/mol. The quantitative estimate of drug-likeness (QED) is 0.701. The van der Waals surface area contributed by atoms with Gasteiger partial charge in [-0.2, -0.15) is 0 Å². The number of allylic oxidation sites excluding steroid dienone is 1. The van der Waals surface area contributed by atoms with Gasteiger partial charge in [0, 0.05) is 0 Å². The molecule has 0 bridgehead atoms. The van der Waals surface area contributed by atoms with Crippen LogP contribution in [0.5, 0.6) is 0 Å². The Morgan fingerprint density at radius 1 is 1.29 bits per heavy atom. The van der Waals surface area contributed by atoms with Gasteiger partial charge in [-0.3, -0.25) is 0 Å². The van der Waals surface area contributed by atoms with Gasteiger partial charge in [0.05, 0.1) is 19.6 Å². The summed E-state index contributed by atoms with van der Waals surface area (Å²) in [5.41, 5.74) is 0. The second kappa shape index (κ2) is 9.57. The van der Waals surface area contributed by atoms with Crippen molar-refractivity contribution in [1.29, 1.82) is 0 Å². The molecule has 1 unspecified atom stereocenters. The summed E-state index contributed by atoms with van der Waals surface area (Å²) in [6.45, 7) is 10.5. The summed E-state index contributed by atoms with van der Waals surface area (Å²) in [5, 5.41) is 3.15. The molecular weight excluding hydrogens is 239 g/mol. The Balaban J connectivity index is 0.000000241. The standard InChI is InChI=1S/C6H15N.C5H9NSe/c1-4-7(5-2)6-3;7-5-3-1-2-4-6-5/h4-6H2,1-3H3;2,4-7H,1,3H2. The van der Waals surface area contributed by atoms with Crippen LogP contribution in [0.25, 0.3) is 0 Å². The van der Waals surface area contributed by atoms with Crippen LogP contribution in [0.3, 0.4) is 0 Å². The molecule has 2 N–H and O–H groups in total. The van der Waals surface area contributed by atoms with E-state index in [9.17, 15) is 0 Å². The average molecular weight is 263 g/mol. The first-order valence-electron chi connectivity index (χ1n) is 5.64. The summed E-state index contributed by atoms with van der Waals surface area (Å²) < 4.78 is 0. The van der Waals surface area contributed by atoms with E-state index in [0.717, 1.165) is 0 Å². The van der Waals surface area contributed by atoms with E-state index in [-0.39, 0.29) is 0 Å². The summed E-state index contributed by atoms with van der Waals surface area (Å²) in [5.74, 6) is 0. The summed E-state index contributed by atoms with van der Waals surface area (Å²) in [7, 11) is 0. The van der Waals surface area contributed by atoms with Gasteiger partial charge in [-0.25, -0.2) is 0 Å². The normalized spacial score (nSPS) is 19.9. The molecule has 84 valence electrons. The average Bonchev–Trinajstić information content (AvgIpc) is 2.22. The Labute approximate surface area is 96.9 Å². The fourth-order valence-corrected chi connectivity index (χ4v) is 1.79. The van der Waals surface area contributed by atoms with Crippen LogP contribution >= 0.6 is 0 Å². The van der Waals surface area contributed by atoms with Crippen LogP contribution in [0, 0.1) is 0 Å². The van der Waals surface area contributed by atoms with E-state index in [2.05, 4.69) is 48.2 Å². The van der Waals surface area contributed by atoms with Crippen LogP contribution in [0.1, 0.15) is 33.6 Å². The molecule has 14 heavy (non-hydrogen) atoms. The van der Waals surface area contributed by atoms with E-state index in [4.69, 9.17) is 0 Å². The number of nitrogens with one attached hydrogen (secondary N) is 2. The zero-order valence-electron chi connectivity index (χ0n) is 9.68. The molecule has 0 radical (unpaired) electrons. The molecule has 1 atom stereocenters. The predicted octanol–water partition coefficient (Wildman–Crippen LogP) is 0.309. The Morgan fingerprint density at radius 3 is 2.00 bits per heavy atom. The Kier molecular flexibility index (Phi) is 9.58. The van der Waals surface area contributed by atoms with E-state index in [1.807, 2.05) is 6.20 Å². The maximum atomic E-state index is 3.15. The SMILES string of the molecule is CC[NH+](CC)CC.[Se-]C1CCC=CN1. The van der Waals surface area contributed by atoms with E-state index in [1.54, 1.807) is 4.90 Å². The van der Waals surface area contributed by atoms with Crippen LogP contribution in [0.15, 0.2) is 12.3 Å². The zero-order valence-corrected chi connectivity index (χ0v) is 11.4. The van der Waals surface area contributed by atoms with Gasteiger partial charge in [0.15, 0.2) is 0 Å². The molecule has 0 aromatic heterocycles. The van der Waals surface area contributed by atoms with Crippen molar-refractivity contribution < 1.29 is 4.90 Å². The van der Waals surface area contributed by atoms with Crippen LogP contribution in [-0.2, 0) is 0 Å². The van der Waals surface area contributed by atoms with Gasteiger partial charge >= 0.3 is 51.4 Å². The third kappa shape index (κ3) is 7.43. The van der Waals surface area contributed by atoms with Gasteiger partial charge in [0.2, 0.25) is 0 Å². The second-order valence-corrected chi connectivity index (χ2v) is 4.64. The molecule has 0 saturated carbocycles. The van der Waals surface area contributed by atoms with E-state index < -0.39 is 0 Å². The van der Waals surface area contributed by atoms with Crippen molar-refractivity contribution in [2.45, 2.75) is 38.6 Å². The van der Waals surface area contributed by atoms with Crippen molar-refractivity contribution >= 4 is 16.0 Å². The molecule has 0 aromatic rings. The Bertz CT molecular complexity index is 139. The van der Waals surface area contributed by atoms with Crippen LogP contribution in [-0.4, -0.2) is 40.6 Å². The fraction of sp³-hybridized carbons (Fsp3) is 0.818. The molecular formula is C11H24N2Se. The maximum absolute atomic E-state index is 3.15. The molecule has 1 aliphatic heterocycles. The van der Waals surface area contributed by atoms with Crippen LogP contribution in [0.4, 0.5) is 0 Å². The number of rotatable bonds is 3. The monoisotopic (exact) mass is 264 g/mol. The second-order valence-electron chi connectivity index (χ2n) is 3.45. The summed E-state index contributed by atoms with van der Waals surface area (Å²) in [6.07, 6.45) is 6.60. The summed E-state index contributed by atoms with van der Waals surface area (Å²) in [4.78, 5) is 2.25. The summed E-state index contributed by atoms with van der Waals surface area (Å²) >= 11 is 3.02. The van der Waals surface area contributed by atoms with Crippen molar-refractivity contribution in [2.75, 3.05) is 19.6 Å². The van der Waals surface area contributed by atoms with E-state index in [1.165, 1.54) is 32.5 Å².